The van der Waals surface area contributed by atoms with Crippen molar-refractivity contribution in [1.29, 1.82) is 0 Å². The number of ether oxygens (including phenoxy) is 1. The number of benzene rings is 8. The van der Waals surface area contributed by atoms with Crippen molar-refractivity contribution < 1.29 is 23.0 Å². The second kappa shape index (κ2) is 15.8. The Morgan fingerprint density at radius 1 is 0.580 bits per heavy atom. The van der Waals surface area contributed by atoms with E-state index in [9.17, 15) is 5.48 Å². The molecular weight excluding hydrogens is 847 g/mol. The smallest absolute Gasteiger partial charge is 0.270 e. The maximum Gasteiger partial charge on any atom is 0.270 e. The van der Waals surface area contributed by atoms with Crippen LogP contribution < -0.4 is 9.30 Å². The molecule has 0 aliphatic rings. The summed E-state index contributed by atoms with van der Waals surface area (Å²) in [5, 5.41) is 2.09. The molecule has 8 heteroatoms. The summed E-state index contributed by atoms with van der Waals surface area (Å²) in [6.07, 6.45) is 7.12. The lowest BCUT2D eigenvalue weighted by atomic mass is 9.88. The van der Waals surface area contributed by atoms with Gasteiger partial charge in [0.05, 0.1) is 64.4 Å². The van der Waals surface area contributed by atoms with Gasteiger partial charge in [0.25, 0.3) is 6.33 Å². The van der Waals surface area contributed by atoms with Crippen LogP contribution in [-0.2, 0) is 5.41 Å². The van der Waals surface area contributed by atoms with Gasteiger partial charge < -0.3 is 4.74 Å². The summed E-state index contributed by atoms with van der Waals surface area (Å²) in [5.74, 6) is 2.83. The molecule has 8 nitrogen and oxygen atoms in total. The van der Waals surface area contributed by atoms with Crippen LogP contribution in [0.4, 0.5) is 0 Å². The summed E-state index contributed by atoms with van der Waals surface area (Å²) in [6, 6.07) is 40.9. The van der Waals surface area contributed by atoms with Gasteiger partial charge in [0.2, 0.25) is 5.78 Å². The Morgan fingerprint density at radius 3 is 1.99 bits per heavy atom. The molecule has 5 heterocycles. The van der Waals surface area contributed by atoms with Gasteiger partial charge in [0.15, 0.2) is 5.82 Å². The molecule has 5 aromatic heterocycles. The van der Waals surface area contributed by atoms with Gasteiger partial charge in [-0.25, -0.2) is 9.97 Å². The van der Waals surface area contributed by atoms with Gasteiger partial charge in [-0.3, -0.25) is 22.7 Å². The number of hydrogen-bond acceptors (Lipinski definition) is 3. The summed E-state index contributed by atoms with van der Waals surface area (Å²) in [7, 11) is 0. The fourth-order valence-corrected chi connectivity index (χ4v) is 9.47. The van der Waals surface area contributed by atoms with E-state index in [-0.39, 0.29) is 33.4 Å². The third kappa shape index (κ3) is 6.71. The van der Waals surface area contributed by atoms with E-state index in [1.54, 1.807) is 33.5 Å². The van der Waals surface area contributed by atoms with Crippen LogP contribution in [0.2, 0.25) is 0 Å². The number of pyridine rings is 1. The van der Waals surface area contributed by atoms with E-state index in [1.807, 2.05) is 114 Å². The number of nitrogens with zero attached hydrogens (tertiary/aromatic N) is 7. The Bertz CT molecular complexity index is 4580. The van der Waals surface area contributed by atoms with Crippen LogP contribution in [0.5, 0.6) is 11.5 Å². The first-order chi connectivity index (χ1) is 38.0. The number of hydrogen-bond donors (Lipinski definition) is 0. The molecule has 0 aliphatic carbocycles. The summed E-state index contributed by atoms with van der Waals surface area (Å²) in [4.78, 5) is 10.0. The molecule has 0 fully saturated rings. The number of rotatable bonds is 8. The fourth-order valence-electron chi connectivity index (χ4n) is 9.47. The SMILES string of the molecule is [2H]c1c([2H])c([2H])c(-c2cccc(-c3c([2H])c([2H])c([2H])c([2H])c3[2H])c2-[n+]2[c-]n(-c3cccc(Oc4ccc5c6ccccc6n(-c6cc(C(C)(C)C)ccn6)c5c4)c3)c(-n3c4ccccc4n4c5ccccc5nc34)c2)c([2H])c1[2H]. The molecule has 0 amide bonds. The third-order valence-electron chi connectivity index (χ3n) is 12.6. The van der Waals surface area contributed by atoms with Crippen molar-refractivity contribution in [2.45, 2.75) is 26.2 Å². The lowest BCUT2D eigenvalue weighted by molar-refractivity contribution is -0.597. The van der Waals surface area contributed by atoms with Crippen LogP contribution in [0, 0.1) is 6.33 Å². The zero-order valence-corrected chi connectivity index (χ0v) is 37.5. The zero-order valence-electron chi connectivity index (χ0n) is 47.5. The van der Waals surface area contributed by atoms with Crippen LogP contribution >= 0.6 is 0 Å². The first-order valence-electron chi connectivity index (χ1n) is 27.5. The minimum absolute atomic E-state index is 0.112. The summed E-state index contributed by atoms with van der Waals surface area (Å²) < 4.78 is 105. The Balaban J connectivity index is 1.06. The predicted molar refractivity (Wildman–Crippen MR) is 277 cm³/mol. The molecule has 13 rings (SSSR count). The third-order valence-corrected chi connectivity index (χ3v) is 12.6. The van der Waals surface area contributed by atoms with Gasteiger partial charge in [-0.2, -0.15) is 0 Å². The molecule has 0 aliphatic heterocycles. The second-order valence-electron chi connectivity index (χ2n) is 17.8. The Morgan fingerprint density at radius 2 is 1.23 bits per heavy atom. The number of imidazole rings is 3. The van der Waals surface area contributed by atoms with Crippen molar-refractivity contribution in [3.05, 3.63) is 230 Å². The molecule has 0 saturated carbocycles. The quantitative estimate of drug-likeness (QED) is 0.113. The van der Waals surface area contributed by atoms with E-state index in [0.29, 0.717) is 28.8 Å². The molecule has 0 unspecified atom stereocenters. The zero-order chi connectivity index (χ0) is 54.9. The maximum absolute atomic E-state index is 9.20. The van der Waals surface area contributed by atoms with Gasteiger partial charge in [0.1, 0.15) is 17.3 Å². The van der Waals surface area contributed by atoms with Gasteiger partial charge in [-0.05, 0) is 106 Å². The number of fused-ring (bicyclic) bond motifs is 8. The van der Waals surface area contributed by atoms with Crippen LogP contribution in [-0.4, -0.2) is 28.1 Å². The number of aromatic nitrogens is 7. The van der Waals surface area contributed by atoms with Gasteiger partial charge in [-0.15, -0.1) is 0 Å². The lowest BCUT2D eigenvalue weighted by Gasteiger charge is -2.20. The van der Waals surface area contributed by atoms with E-state index < -0.39 is 60.4 Å². The van der Waals surface area contributed by atoms with Crippen LogP contribution in [0.3, 0.4) is 0 Å². The predicted octanol–water partition coefficient (Wildman–Crippen LogP) is 14.2. The van der Waals surface area contributed by atoms with Crippen LogP contribution in [0.15, 0.2) is 218 Å². The summed E-state index contributed by atoms with van der Waals surface area (Å²) in [6.45, 7) is 6.54. The number of para-hydroxylation sites is 6. The second-order valence-corrected chi connectivity index (χ2v) is 17.8. The monoisotopic (exact) mass is 901 g/mol. The van der Waals surface area contributed by atoms with E-state index in [1.165, 1.54) is 0 Å². The highest BCUT2D eigenvalue weighted by molar-refractivity contribution is 6.09. The molecule has 69 heavy (non-hydrogen) atoms. The van der Waals surface area contributed by atoms with Crippen molar-refractivity contribution in [3.63, 3.8) is 0 Å². The first-order valence-corrected chi connectivity index (χ1v) is 22.5. The molecule has 0 radical (unpaired) electrons. The van der Waals surface area contributed by atoms with Gasteiger partial charge in [0, 0.05) is 23.0 Å². The minimum atomic E-state index is -0.586. The van der Waals surface area contributed by atoms with Crippen molar-refractivity contribution in [3.8, 4) is 56.8 Å². The Labute approximate surface area is 412 Å². The molecule has 0 atom stereocenters. The molecule has 0 N–H and O–H groups in total. The van der Waals surface area contributed by atoms with Crippen LogP contribution in [0.25, 0.3) is 94.9 Å². The molecule has 0 bridgehead atoms. The summed E-state index contributed by atoms with van der Waals surface area (Å²) >= 11 is 0. The van der Waals surface area contributed by atoms with E-state index in [4.69, 9.17) is 22.9 Å². The van der Waals surface area contributed by atoms with E-state index in [2.05, 4.69) is 60.3 Å². The van der Waals surface area contributed by atoms with Crippen molar-refractivity contribution >= 4 is 49.7 Å². The molecule has 330 valence electrons. The van der Waals surface area contributed by atoms with E-state index >= 15 is 0 Å². The Kier molecular flexibility index (Phi) is 7.12. The first kappa shape index (κ1) is 31.1. The molecule has 8 aromatic carbocycles. The molecule has 0 saturated heterocycles. The van der Waals surface area contributed by atoms with E-state index in [0.717, 1.165) is 55.3 Å². The topological polar surface area (TPSA) is 58.1 Å². The average Bonchev–Trinajstić information content (AvgIpc) is 4.28. The fraction of sp³-hybridized carbons (Fsp3) is 0.0656. The largest absolute Gasteiger partial charge is 0.458 e. The molecular formula is C61H45N7O. The van der Waals surface area contributed by atoms with Crippen molar-refractivity contribution in [2.24, 2.45) is 0 Å². The van der Waals surface area contributed by atoms with Crippen molar-refractivity contribution in [1.82, 2.24) is 28.1 Å². The maximum atomic E-state index is 9.20. The van der Waals surface area contributed by atoms with Gasteiger partial charge in [-0.1, -0.05) is 148 Å². The minimum Gasteiger partial charge on any atom is -0.458 e. The highest BCUT2D eigenvalue weighted by atomic mass is 16.5. The molecule has 13 aromatic rings. The van der Waals surface area contributed by atoms with Crippen LogP contribution in [0.1, 0.15) is 40.0 Å². The average molecular weight is 902 g/mol. The highest BCUT2D eigenvalue weighted by Crippen LogP contribution is 2.38. The van der Waals surface area contributed by atoms with Gasteiger partial charge >= 0.3 is 0 Å². The highest BCUT2D eigenvalue weighted by Gasteiger charge is 2.24. The summed E-state index contributed by atoms with van der Waals surface area (Å²) in [5.41, 5.74) is 6.73. The Hall–Kier alpha value is -9.01. The van der Waals surface area contributed by atoms with Crippen molar-refractivity contribution in [2.75, 3.05) is 0 Å². The molecule has 0 spiro atoms. The lowest BCUT2D eigenvalue weighted by Crippen LogP contribution is -2.30. The normalized spacial score (nSPS) is 14.0. The standard InChI is InChI=1S/C61H45N7O/c1-61(2,3)43-34-35-62-57(36-43)66-52-28-12-10-24-49(52)50-33-32-46(38-56(50)66)69-45-23-16-22-44(37-45)65-40-64(59-47(41-18-6-4-7-19-41)25-17-26-48(59)42-20-8-5-9-21-42)39-58(65)68-55-31-15-14-30-54(55)67-53-29-13-11-27-51(53)63-60(67)68/h4-39H,1-3H3/i4D,5D,6D,7D,8D,9D,18D,19D,20D,21D.